The minimum absolute atomic E-state index is 0.178. The molecular weight excluding hydrogens is 247 g/mol. The molecule has 1 atom stereocenters. The first-order valence-electron chi connectivity index (χ1n) is 6.28. The van der Waals surface area contributed by atoms with Crippen LogP contribution in [0.4, 0.5) is 10.1 Å². The smallest absolute Gasteiger partial charge is 0.161 e. The van der Waals surface area contributed by atoms with Gasteiger partial charge in [0, 0.05) is 11.4 Å². The molecule has 1 heterocycles. The Morgan fingerprint density at radius 2 is 2.28 bits per heavy atom. The molecule has 1 aromatic rings. The molecule has 0 bridgehead atoms. The van der Waals surface area contributed by atoms with Crippen LogP contribution in [0.3, 0.4) is 0 Å². The fourth-order valence-electron chi connectivity index (χ4n) is 1.94. The van der Waals surface area contributed by atoms with E-state index in [4.69, 9.17) is 0 Å². The second-order valence-corrected chi connectivity index (χ2v) is 6.13. The minimum Gasteiger partial charge on any atom is -0.335 e. The molecule has 0 saturated carbocycles. The molecule has 2 nitrogen and oxygen atoms in total. The predicted molar refractivity (Wildman–Crippen MR) is 77.9 cm³/mol. The average molecular weight is 266 g/mol. The molecule has 0 saturated heterocycles. The first kappa shape index (κ1) is 13.4. The summed E-state index contributed by atoms with van der Waals surface area (Å²) in [6.07, 6.45) is 1.11. The van der Waals surface area contributed by atoms with Gasteiger partial charge in [0.2, 0.25) is 0 Å². The topological polar surface area (TPSA) is 24.4 Å². The minimum atomic E-state index is -0.178. The van der Waals surface area contributed by atoms with Crippen LogP contribution in [-0.2, 0) is 0 Å². The highest BCUT2D eigenvalue weighted by Crippen LogP contribution is 2.24. The molecule has 1 N–H and O–H groups in total. The Bertz CT molecular complexity index is 457. The van der Waals surface area contributed by atoms with E-state index in [-0.39, 0.29) is 5.82 Å². The van der Waals surface area contributed by atoms with Crippen molar-refractivity contribution in [2.24, 2.45) is 10.9 Å². The van der Waals surface area contributed by atoms with Crippen LogP contribution < -0.4 is 5.32 Å². The van der Waals surface area contributed by atoms with Crippen molar-refractivity contribution in [2.45, 2.75) is 33.2 Å². The van der Waals surface area contributed by atoms with Crippen LogP contribution in [0.2, 0.25) is 0 Å². The van der Waals surface area contributed by atoms with Crippen molar-refractivity contribution in [3.63, 3.8) is 0 Å². The summed E-state index contributed by atoms with van der Waals surface area (Å²) in [6, 6.07) is 5.59. The van der Waals surface area contributed by atoms with Gasteiger partial charge in [-0.1, -0.05) is 31.7 Å². The van der Waals surface area contributed by atoms with Crippen LogP contribution in [0.25, 0.3) is 0 Å². The molecule has 0 aromatic heterocycles. The molecular formula is C14H19FN2S. The zero-order valence-electron chi connectivity index (χ0n) is 11.0. The van der Waals surface area contributed by atoms with Crippen LogP contribution >= 0.6 is 11.8 Å². The Morgan fingerprint density at radius 1 is 1.50 bits per heavy atom. The zero-order valence-corrected chi connectivity index (χ0v) is 11.9. The largest absolute Gasteiger partial charge is 0.335 e. The van der Waals surface area contributed by atoms with Gasteiger partial charge in [0.15, 0.2) is 5.17 Å². The van der Waals surface area contributed by atoms with Crippen molar-refractivity contribution in [1.82, 2.24) is 0 Å². The first-order chi connectivity index (χ1) is 8.54. The van der Waals surface area contributed by atoms with Crippen LogP contribution in [0.5, 0.6) is 0 Å². The van der Waals surface area contributed by atoms with Gasteiger partial charge < -0.3 is 5.32 Å². The van der Waals surface area contributed by atoms with Crippen molar-refractivity contribution < 1.29 is 4.39 Å². The van der Waals surface area contributed by atoms with Gasteiger partial charge in [-0.2, -0.15) is 0 Å². The van der Waals surface area contributed by atoms with Gasteiger partial charge in [0.05, 0.1) is 6.04 Å². The molecule has 2 rings (SSSR count). The van der Waals surface area contributed by atoms with Gasteiger partial charge in [-0.3, -0.25) is 4.99 Å². The van der Waals surface area contributed by atoms with E-state index in [0.717, 1.165) is 23.0 Å². The fraction of sp³-hybridized carbons (Fsp3) is 0.500. The van der Waals surface area contributed by atoms with Crippen molar-refractivity contribution in [3.8, 4) is 0 Å². The van der Waals surface area contributed by atoms with Crippen molar-refractivity contribution >= 4 is 22.6 Å². The molecule has 1 unspecified atom stereocenters. The summed E-state index contributed by atoms with van der Waals surface area (Å²) < 4.78 is 13.4. The fourth-order valence-corrected chi connectivity index (χ4v) is 2.92. The maximum Gasteiger partial charge on any atom is 0.161 e. The van der Waals surface area contributed by atoms with Crippen LogP contribution in [0.15, 0.2) is 23.2 Å². The maximum absolute atomic E-state index is 13.4. The van der Waals surface area contributed by atoms with E-state index in [0.29, 0.717) is 17.5 Å². The summed E-state index contributed by atoms with van der Waals surface area (Å²) in [5, 5.41) is 4.09. The molecule has 0 fully saturated rings. The van der Waals surface area contributed by atoms with Gasteiger partial charge in [-0.15, -0.1) is 0 Å². The number of anilines is 1. The molecule has 0 aliphatic carbocycles. The monoisotopic (exact) mass is 266 g/mol. The van der Waals surface area contributed by atoms with Crippen LogP contribution in [-0.4, -0.2) is 17.0 Å². The number of aliphatic imine (C=N–C) groups is 1. The second kappa shape index (κ2) is 5.74. The highest BCUT2D eigenvalue weighted by atomic mass is 32.2. The molecule has 1 aliphatic rings. The molecule has 1 aliphatic heterocycles. The second-order valence-electron chi connectivity index (χ2n) is 5.12. The van der Waals surface area contributed by atoms with Gasteiger partial charge in [0.25, 0.3) is 0 Å². The van der Waals surface area contributed by atoms with E-state index in [2.05, 4.69) is 24.2 Å². The Hall–Kier alpha value is -1.03. The summed E-state index contributed by atoms with van der Waals surface area (Å²) in [4.78, 5) is 4.62. The number of hydrogen-bond acceptors (Lipinski definition) is 3. The van der Waals surface area contributed by atoms with Crippen LogP contribution in [0.1, 0.15) is 25.8 Å². The number of nitrogens with zero attached hydrogens (tertiary/aromatic N) is 1. The van der Waals surface area contributed by atoms with Crippen molar-refractivity contribution in [1.29, 1.82) is 0 Å². The quantitative estimate of drug-likeness (QED) is 0.892. The zero-order chi connectivity index (χ0) is 13.1. The summed E-state index contributed by atoms with van der Waals surface area (Å²) >= 11 is 1.71. The van der Waals surface area contributed by atoms with Crippen LogP contribution in [0, 0.1) is 18.7 Å². The van der Waals surface area contributed by atoms with Gasteiger partial charge in [-0.05, 0) is 37.0 Å². The lowest BCUT2D eigenvalue weighted by Gasteiger charge is -2.07. The van der Waals surface area contributed by atoms with Crippen molar-refractivity contribution in [2.75, 3.05) is 11.1 Å². The van der Waals surface area contributed by atoms with E-state index in [1.807, 2.05) is 6.07 Å². The summed E-state index contributed by atoms with van der Waals surface area (Å²) in [7, 11) is 0. The number of nitrogens with one attached hydrogen (secondary N) is 1. The predicted octanol–water partition coefficient (Wildman–Crippen LogP) is 4.06. The lowest BCUT2D eigenvalue weighted by Crippen LogP contribution is -2.08. The number of benzene rings is 1. The SMILES string of the molecule is Cc1ccc(NC2=NC(CC(C)C)CS2)cc1F. The Morgan fingerprint density at radius 3 is 2.94 bits per heavy atom. The number of rotatable bonds is 3. The molecule has 1 aromatic carbocycles. The third kappa shape index (κ3) is 3.48. The molecule has 4 heteroatoms. The average Bonchev–Trinajstić information content (AvgIpc) is 2.70. The third-order valence-electron chi connectivity index (χ3n) is 2.88. The van der Waals surface area contributed by atoms with Crippen molar-refractivity contribution in [3.05, 3.63) is 29.6 Å². The number of thioether (sulfide) groups is 1. The third-order valence-corrected chi connectivity index (χ3v) is 3.91. The summed E-state index contributed by atoms with van der Waals surface area (Å²) in [5.74, 6) is 1.51. The highest BCUT2D eigenvalue weighted by Gasteiger charge is 2.19. The number of hydrogen-bond donors (Lipinski definition) is 1. The Kier molecular flexibility index (Phi) is 4.27. The normalized spacial score (nSPS) is 19.2. The number of aryl methyl sites for hydroxylation is 1. The van der Waals surface area contributed by atoms with E-state index >= 15 is 0 Å². The highest BCUT2D eigenvalue weighted by molar-refractivity contribution is 8.14. The number of halogens is 1. The molecule has 18 heavy (non-hydrogen) atoms. The van der Waals surface area contributed by atoms with Gasteiger partial charge in [-0.25, -0.2) is 4.39 Å². The Labute approximate surface area is 112 Å². The number of amidine groups is 1. The molecule has 0 radical (unpaired) electrons. The first-order valence-corrected chi connectivity index (χ1v) is 7.27. The van der Waals surface area contributed by atoms with E-state index in [9.17, 15) is 4.39 Å². The lowest BCUT2D eigenvalue weighted by atomic mass is 10.1. The van der Waals surface area contributed by atoms with Gasteiger partial charge >= 0.3 is 0 Å². The Balaban J connectivity index is 1.99. The summed E-state index contributed by atoms with van der Waals surface area (Å²) in [5.41, 5.74) is 1.44. The molecule has 0 amide bonds. The summed E-state index contributed by atoms with van der Waals surface area (Å²) in [6.45, 7) is 6.18. The molecule has 98 valence electrons. The standard InChI is InChI=1S/C14H19FN2S/c1-9(2)6-12-8-18-14(17-12)16-11-5-4-10(3)13(15)7-11/h4-5,7,9,12H,6,8H2,1-3H3,(H,16,17). The lowest BCUT2D eigenvalue weighted by molar-refractivity contribution is 0.529. The maximum atomic E-state index is 13.4. The van der Waals surface area contributed by atoms with E-state index in [1.165, 1.54) is 6.07 Å². The van der Waals surface area contributed by atoms with Gasteiger partial charge in [0.1, 0.15) is 5.82 Å². The molecule has 0 spiro atoms. The van der Waals surface area contributed by atoms with E-state index < -0.39 is 0 Å². The van der Waals surface area contributed by atoms with E-state index in [1.54, 1.807) is 24.8 Å².